The molecule has 2 fully saturated rings. The number of thioether (sulfide) groups is 1. The predicted molar refractivity (Wildman–Crippen MR) is 84.9 cm³/mol. The van der Waals surface area contributed by atoms with Gasteiger partial charge in [0, 0.05) is 12.1 Å². The van der Waals surface area contributed by atoms with Crippen LogP contribution >= 0.6 is 24.2 Å². The first-order chi connectivity index (χ1) is 8.59. The van der Waals surface area contributed by atoms with Gasteiger partial charge in [0.15, 0.2) is 0 Å². The van der Waals surface area contributed by atoms with Crippen LogP contribution in [0.2, 0.25) is 0 Å². The van der Waals surface area contributed by atoms with Crippen molar-refractivity contribution in [2.75, 3.05) is 18.1 Å². The van der Waals surface area contributed by atoms with Crippen molar-refractivity contribution in [2.24, 2.45) is 17.6 Å². The summed E-state index contributed by atoms with van der Waals surface area (Å²) in [5.74, 6) is 3.39. The maximum absolute atomic E-state index is 12.3. The third-order valence-electron chi connectivity index (χ3n) is 4.48. The van der Waals surface area contributed by atoms with E-state index in [9.17, 15) is 4.79 Å². The molecule has 2 unspecified atom stereocenters. The molecule has 1 aliphatic carbocycles. The molecule has 0 aromatic rings. The molecule has 1 saturated heterocycles. The molecule has 3 N–H and O–H groups in total. The molecule has 2 aliphatic rings. The number of hydrogen-bond acceptors (Lipinski definition) is 3. The summed E-state index contributed by atoms with van der Waals surface area (Å²) in [5.41, 5.74) is 5.97. The zero-order valence-corrected chi connectivity index (χ0v) is 13.5. The maximum atomic E-state index is 12.3. The Morgan fingerprint density at radius 3 is 2.63 bits per heavy atom. The van der Waals surface area contributed by atoms with Gasteiger partial charge in [-0.25, -0.2) is 0 Å². The maximum Gasteiger partial charge on any atom is 0.224 e. The van der Waals surface area contributed by atoms with E-state index in [0.717, 1.165) is 32.2 Å². The summed E-state index contributed by atoms with van der Waals surface area (Å²) >= 11 is 2.03. The molecule has 19 heavy (non-hydrogen) atoms. The number of hydrogen-bond donors (Lipinski definition) is 2. The lowest BCUT2D eigenvalue weighted by Gasteiger charge is -2.37. The average molecular weight is 307 g/mol. The van der Waals surface area contributed by atoms with Crippen LogP contribution < -0.4 is 11.1 Å². The Labute approximate surface area is 127 Å². The fourth-order valence-corrected chi connectivity index (χ4v) is 4.31. The van der Waals surface area contributed by atoms with Gasteiger partial charge in [0.2, 0.25) is 5.91 Å². The van der Waals surface area contributed by atoms with Crippen molar-refractivity contribution in [3.05, 3.63) is 0 Å². The van der Waals surface area contributed by atoms with Gasteiger partial charge in [0.25, 0.3) is 0 Å². The first-order valence-corrected chi connectivity index (χ1v) is 8.39. The number of nitrogens with two attached hydrogens (primary N) is 1. The normalized spacial score (nSPS) is 32.4. The monoisotopic (exact) mass is 306 g/mol. The molecule has 3 nitrogen and oxygen atoms in total. The minimum absolute atomic E-state index is 0. The molecule has 0 aromatic heterocycles. The standard InChI is InChI=1S/C14H26N2OS.ClH/c1-14(15)7-3-2-4-12(14)13(17)16-10-11-5-8-18-9-6-11;/h11-12H,2-10,15H2,1H3,(H,16,17);1H. The molecule has 2 atom stereocenters. The van der Waals surface area contributed by atoms with Crippen LogP contribution in [0.3, 0.4) is 0 Å². The summed E-state index contributed by atoms with van der Waals surface area (Å²) in [4.78, 5) is 12.3. The molecule has 1 saturated carbocycles. The Morgan fingerprint density at radius 1 is 1.32 bits per heavy atom. The first kappa shape index (κ1) is 17.1. The Kier molecular flexibility index (Phi) is 6.98. The molecule has 1 amide bonds. The lowest BCUT2D eigenvalue weighted by molar-refractivity contribution is -0.128. The van der Waals surface area contributed by atoms with E-state index >= 15 is 0 Å². The van der Waals surface area contributed by atoms with Gasteiger partial charge < -0.3 is 11.1 Å². The second kappa shape index (κ2) is 7.75. The van der Waals surface area contributed by atoms with Crippen LogP contribution in [0, 0.1) is 11.8 Å². The van der Waals surface area contributed by atoms with Crippen molar-refractivity contribution in [1.82, 2.24) is 5.32 Å². The number of halogens is 1. The first-order valence-electron chi connectivity index (χ1n) is 7.24. The highest BCUT2D eigenvalue weighted by atomic mass is 35.5. The van der Waals surface area contributed by atoms with Crippen molar-refractivity contribution in [1.29, 1.82) is 0 Å². The number of rotatable bonds is 3. The van der Waals surface area contributed by atoms with Gasteiger partial charge in [-0.1, -0.05) is 12.8 Å². The van der Waals surface area contributed by atoms with Gasteiger partial charge in [0.05, 0.1) is 5.92 Å². The quantitative estimate of drug-likeness (QED) is 0.842. The van der Waals surface area contributed by atoms with E-state index in [1.54, 1.807) is 0 Å². The Balaban J connectivity index is 0.00000180. The van der Waals surface area contributed by atoms with E-state index < -0.39 is 0 Å². The molecular formula is C14H27ClN2OS. The summed E-state index contributed by atoms with van der Waals surface area (Å²) < 4.78 is 0. The van der Waals surface area contributed by atoms with Crippen LogP contribution in [0.1, 0.15) is 45.4 Å². The van der Waals surface area contributed by atoms with Gasteiger partial charge in [-0.05, 0) is 50.0 Å². The highest BCUT2D eigenvalue weighted by Crippen LogP contribution is 2.31. The molecule has 0 radical (unpaired) electrons. The summed E-state index contributed by atoms with van der Waals surface area (Å²) in [5, 5.41) is 3.15. The van der Waals surface area contributed by atoms with Gasteiger partial charge in [-0.3, -0.25) is 4.79 Å². The number of nitrogens with one attached hydrogen (secondary N) is 1. The van der Waals surface area contributed by atoms with Crippen molar-refractivity contribution >= 4 is 30.1 Å². The SMILES string of the molecule is CC1(N)CCCCC1C(=O)NCC1CCSCC1.Cl. The van der Waals surface area contributed by atoms with Crippen LogP contribution in [0.5, 0.6) is 0 Å². The van der Waals surface area contributed by atoms with Crippen LogP contribution in [0.25, 0.3) is 0 Å². The Hall–Kier alpha value is 0.0700. The average Bonchev–Trinajstić information content (AvgIpc) is 2.37. The van der Waals surface area contributed by atoms with E-state index in [1.165, 1.54) is 24.3 Å². The van der Waals surface area contributed by atoms with Gasteiger partial charge >= 0.3 is 0 Å². The zero-order chi connectivity index (χ0) is 13.0. The zero-order valence-electron chi connectivity index (χ0n) is 11.8. The van der Waals surface area contributed by atoms with E-state index in [-0.39, 0.29) is 29.8 Å². The highest BCUT2D eigenvalue weighted by molar-refractivity contribution is 7.99. The molecule has 0 aromatic carbocycles. The fourth-order valence-electron chi connectivity index (χ4n) is 3.11. The molecule has 5 heteroatoms. The minimum Gasteiger partial charge on any atom is -0.356 e. The van der Waals surface area contributed by atoms with Gasteiger partial charge in [0.1, 0.15) is 0 Å². The Morgan fingerprint density at radius 2 is 2.00 bits per heavy atom. The summed E-state index contributed by atoms with van der Waals surface area (Å²) in [6.07, 6.45) is 6.73. The fraction of sp³-hybridized carbons (Fsp3) is 0.929. The van der Waals surface area contributed by atoms with Gasteiger partial charge in [-0.2, -0.15) is 11.8 Å². The van der Waals surface area contributed by atoms with Crippen LogP contribution in [0.15, 0.2) is 0 Å². The summed E-state index contributed by atoms with van der Waals surface area (Å²) in [6.45, 7) is 2.89. The van der Waals surface area contributed by atoms with Crippen molar-refractivity contribution in [3.63, 3.8) is 0 Å². The van der Waals surface area contributed by atoms with Crippen LogP contribution in [-0.2, 0) is 4.79 Å². The summed E-state index contributed by atoms with van der Waals surface area (Å²) in [6, 6.07) is 0. The van der Waals surface area contributed by atoms with E-state index in [4.69, 9.17) is 5.73 Å². The smallest absolute Gasteiger partial charge is 0.224 e. The lowest BCUT2D eigenvalue weighted by Crippen LogP contribution is -2.53. The molecule has 0 bridgehead atoms. The predicted octanol–water partition coefficient (Wildman–Crippen LogP) is 2.58. The lowest BCUT2D eigenvalue weighted by atomic mass is 9.74. The molecular weight excluding hydrogens is 280 g/mol. The second-order valence-electron chi connectivity index (χ2n) is 6.11. The number of carbonyl (C=O) groups excluding carboxylic acids is 1. The molecule has 112 valence electrons. The van der Waals surface area contributed by atoms with Crippen molar-refractivity contribution < 1.29 is 4.79 Å². The number of amides is 1. The number of carbonyl (C=O) groups is 1. The third-order valence-corrected chi connectivity index (χ3v) is 5.53. The highest BCUT2D eigenvalue weighted by Gasteiger charge is 2.37. The van der Waals surface area contributed by atoms with Crippen LogP contribution in [0.4, 0.5) is 0 Å². The minimum atomic E-state index is -0.301. The second-order valence-corrected chi connectivity index (χ2v) is 7.33. The van der Waals surface area contributed by atoms with E-state index in [2.05, 4.69) is 5.32 Å². The van der Waals surface area contributed by atoms with Crippen LogP contribution in [-0.4, -0.2) is 29.5 Å². The van der Waals surface area contributed by atoms with Crippen molar-refractivity contribution in [2.45, 2.75) is 51.0 Å². The molecule has 1 aliphatic heterocycles. The largest absolute Gasteiger partial charge is 0.356 e. The third kappa shape index (κ3) is 4.83. The van der Waals surface area contributed by atoms with E-state index in [0.29, 0.717) is 5.92 Å². The Bertz CT molecular complexity index is 293. The molecule has 2 rings (SSSR count). The molecule has 1 heterocycles. The van der Waals surface area contributed by atoms with E-state index in [1.807, 2.05) is 18.7 Å². The van der Waals surface area contributed by atoms with Crippen molar-refractivity contribution in [3.8, 4) is 0 Å². The summed E-state index contributed by atoms with van der Waals surface area (Å²) in [7, 11) is 0. The molecule has 0 spiro atoms. The van der Waals surface area contributed by atoms with Gasteiger partial charge in [-0.15, -0.1) is 12.4 Å². The topological polar surface area (TPSA) is 55.1 Å².